The van der Waals surface area contributed by atoms with E-state index in [9.17, 15) is 18.0 Å². The van der Waals surface area contributed by atoms with Crippen LogP contribution in [0.2, 0.25) is 5.02 Å². The second-order valence-corrected chi connectivity index (χ2v) is 8.03. The van der Waals surface area contributed by atoms with Crippen molar-refractivity contribution in [2.24, 2.45) is 0 Å². The highest BCUT2D eigenvalue weighted by molar-refractivity contribution is 6.33. The van der Waals surface area contributed by atoms with Crippen molar-refractivity contribution >= 4 is 29.0 Å². The minimum absolute atomic E-state index is 0.0199. The van der Waals surface area contributed by atoms with Gasteiger partial charge in [0.15, 0.2) is 0 Å². The largest absolute Gasteiger partial charge is 0.416 e. The lowest BCUT2D eigenvalue weighted by atomic mass is 10.1. The number of aliphatic hydroxyl groups is 1. The second-order valence-electron chi connectivity index (χ2n) is 7.65. The van der Waals surface area contributed by atoms with Gasteiger partial charge >= 0.3 is 6.18 Å². The van der Waals surface area contributed by atoms with Crippen LogP contribution in [0.15, 0.2) is 35.1 Å². The summed E-state index contributed by atoms with van der Waals surface area (Å²) < 4.78 is 49.9. The maximum absolute atomic E-state index is 13.1. The number of aliphatic hydroxyl groups excluding tert-OH is 1. The standard InChI is InChI=1S/C22H24ClF3N6O4/c1-12-3-4-14(7-15(12)22(24,25)26)31-21(34)18-8-16(32-36-18)13(2)30-11-35-9-17-19(23)20(27-5-6-33)29-10-28-17/h3-4,7-8,10,13,30,33H,5-6,9,11H2,1-2H3,(H,31,34)(H,27,28,29)/t13-/m1/s1. The molecule has 3 rings (SSSR count). The van der Waals surface area contributed by atoms with Crippen LogP contribution in [0, 0.1) is 6.92 Å². The van der Waals surface area contributed by atoms with Crippen molar-refractivity contribution in [3.05, 3.63) is 63.9 Å². The predicted molar refractivity (Wildman–Crippen MR) is 124 cm³/mol. The molecular formula is C22H24ClF3N6O4. The zero-order valence-electron chi connectivity index (χ0n) is 19.3. The number of ether oxygens (including phenoxy) is 1. The summed E-state index contributed by atoms with van der Waals surface area (Å²) in [6.07, 6.45) is -3.21. The predicted octanol–water partition coefficient (Wildman–Crippen LogP) is 3.93. The molecule has 0 spiro atoms. The van der Waals surface area contributed by atoms with Crippen LogP contribution in [0.3, 0.4) is 0 Å². The van der Waals surface area contributed by atoms with Gasteiger partial charge in [0, 0.05) is 18.3 Å². The van der Waals surface area contributed by atoms with E-state index in [1.807, 2.05) is 0 Å². The van der Waals surface area contributed by atoms with E-state index >= 15 is 0 Å². The van der Waals surface area contributed by atoms with Gasteiger partial charge in [0.25, 0.3) is 5.91 Å². The number of aromatic nitrogens is 3. The number of amides is 1. The third-order valence-corrected chi connectivity index (χ3v) is 5.39. The Morgan fingerprint density at radius 3 is 2.78 bits per heavy atom. The molecule has 0 saturated heterocycles. The van der Waals surface area contributed by atoms with Crippen LogP contribution in [-0.2, 0) is 17.5 Å². The third kappa shape index (κ3) is 7.13. The Bertz CT molecular complexity index is 1190. The van der Waals surface area contributed by atoms with Crippen LogP contribution in [0.5, 0.6) is 0 Å². The first-order chi connectivity index (χ1) is 17.1. The summed E-state index contributed by atoms with van der Waals surface area (Å²) in [4.78, 5) is 20.5. The number of carbonyl (C=O) groups is 1. The van der Waals surface area contributed by atoms with Gasteiger partial charge in [-0.25, -0.2) is 9.97 Å². The van der Waals surface area contributed by atoms with Crippen LogP contribution in [-0.4, -0.2) is 46.0 Å². The molecule has 0 aliphatic carbocycles. The van der Waals surface area contributed by atoms with E-state index in [0.29, 0.717) is 17.2 Å². The van der Waals surface area contributed by atoms with Crippen LogP contribution in [0.25, 0.3) is 0 Å². The minimum Gasteiger partial charge on any atom is -0.395 e. The second kappa shape index (κ2) is 12.1. The van der Waals surface area contributed by atoms with Gasteiger partial charge in [-0.1, -0.05) is 22.8 Å². The molecule has 1 amide bonds. The number of anilines is 2. The Labute approximate surface area is 209 Å². The summed E-state index contributed by atoms with van der Waals surface area (Å²) in [5.41, 5.74) is 0.0297. The first-order valence-corrected chi connectivity index (χ1v) is 11.1. The molecule has 10 nitrogen and oxygen atoms in total. The van der Waals surface area contributed by atoms with Gasteiger partial charge in [-0.15, -0.1) is 0 Å². The third-order valence-electron chi connectivity index (χ3n) is 4.99. The first kappa shape index (κ1) is 27.3. The average molecular weight is 529 g/mol. The van der Waals surface area contributed by atoms with E-state index in [2.05, 4.69) is 31.1 Å². The van der Waals surface area contributed by atoms with Gasteiger partial charge in [-0.05, 0) is 31.5 Å². The van der Waals surface area contributed by atoms with Gasteiger partial charge in [-0.3, -0.25) is 10.1 Å². The first-order valence-electron chi connectivity index (χ1n) is 10.7. The number of halogens is 4. The summed E-state index contributed by atoms with van der Waals surface area (Å²) in [5.74, 6) is -0.517. The number of hydrogen-bond acceptors (Lipinski definition) is 9. The minimum atomic E-state index is -4.54. The molecule has 0 aliphatic rings. The molecular weight excluding hydrogens is 505 g/mol. The Balaban J connectivity index is 1.52. The van der Waals surface area contributed by atoms with Crippen molar-refractivity contribution in [2.45, 2.75) is 32.7 Å². The molecule has 2 aromatic heterocycles. The molecule has 0 saturated carbocycles. The monoisotopic (exact) mass is 528 g/mol. The summed E-state index contributed by atoms with van der Waals surface area (Å²) >= 11 is 6.23. The lowest BCUT2D eigenvalue weighted by molar-refractivity contribution is -0.138. The van der Waals surface area contributed by atoms with Crippen molar-refractivity contribution in [1.82, 2.24) is 20.4 Å². The van der Waals surface area contributed by atoms with Gasteiger partial charge in [0.05, 0.1) is 37.2 Å². The molecule has 0 aliphatic heterocycles. The highest BCUT2D eigenvalue weighted by Gasteiger charge is 2.32. The topological polar surface area (TPSA) is 134 Å². The summed E-state index contributed by atoms with van der Waals surface area (Å²) in [6, 6.07) is 4.51. The normalized spacial score (nSPS) is 12.4. The number of benzene rings is 1. The van der Waals surface area contributed by atoms with Crippen LogP contribution in [0.4, 0.5) is 24.7 Å². The van der Waals surface area contributed by atoms with Gasteiger partial charge in [-0.2, -0.15) is 13.2 Å². The fourth-order valence-electron chi connectivity index (χ4n) is 3.04. The highest BCUT2D eigenvalue weighted by atomic mass is 35.5. The molecule has 2 heterocycles. The maximum Gasteiger partial charge on any atom is 0.416 e. The number of nitrogens with one attached hydrogen (secondary N) is 3. The van der Waals surface area contributed by atoms with E-state index in [0.717, 1.165) is 6.07 Å². The highest BCUT2D eigenvalue weighted by Crippen LogP contribution is 2.33. The zero-order chi connectivity index (χ0) is 26.3. The molecule has 3 aromatic rings. The summed E-state index contributed by atoms with van der Waals surface area (Å²) in [7, 11) is 0. The number of rotatable bonds is 11. The van der Waals surface area contributed by atoms with Crippen LogP contribution >= 0.6 is 11.6 Å². The smallest absolute Gasteiger partial charge is 0.395 e. The maximum atomic E-state index is 13.1. The molecule has 0 fully saturated rings. The molecule has 0 unspecified atom stereocenters. The van der Waals surface area contributed by atoms with Crippen LogP contribution in [0.1, 0.15) is 46.0 Å². The number of aryl methyl sites for hydroxylation is 1. The average Bonchev–Trinajstić information content (AvgIpc) is 3.33. The lowest BCUT2D eigenvalue weighted by Crippen LogP contribution is -2.22. The molecule has 1 atom stereocenters. The lowest BCUT2D eigenvalue weighted by Gasteiger charge is -2.12. The molecule has 4 N–H and O–H groups in total. The number of alkyl halides is 3. The van der Waals surface area contributed by atoms with Crippen LogP contribution < -0.4 is 16.0 Å². The zero-order valence-corrected chi connectivity index (χ0v) is 20.1. The summed E-state index contributed by atoms with van der Waals surface area (Å²) in [5, 5.41) is 21.3. The fourth-order valence-corrected chi connectivity index (χ4v) is 3.26. The van der Waals surface area contributed by atoms with E-state index in [1.165, 1.54) is 31.5 Å². The van der Waals surface area contributed by atoms with Crippen molar-refractivity contribution < 1.29 is 32.3 Å². The van der Waals surface area contributed by atoms with Crippen molar-refractivity contribution in [3.8, 4) is 0 Å². The SMILES string of the molecule is Cc1ccc(NC(=O)c2cc([C@@H](C)NCOCc3ncnc(NCCO)c3Cl)no2)cc1C(F)(F)F. The number of hydrogen-bond donors (Lipinski definition) is 4. The molecule has 194 valence electrons. The Morgan fingerprint density at radius 1 is 1.28 bits per heavy atom. The van der Waals surface area contributed by atoms with Crippen molar-refractivity contribution in [1.29, 1.82) is 0 Å². The van der Waals surface area contributed by atoms with Crippen molar-refractivity contribution in [3.63, 3.8) is 0 Å². The van der Waals surface area contributed by atoms with Gasteiger partial charge < -0.3 is 25.0 Å². The van der Waals surface area contributed by atoms with E-state index in [-0.39, 0.29) is 54.6 Å². The van der Waals surface area contributed by atoms with Crippen molar-refractivity contribution in [2.75, 3.05) is 30.5 Å². The Morgan fingerprint density at radius 2 is 2.06 bits per heavy atom. The van der Waals surface area contributed by atoms with Gasteiger partial charge in [0.2, 0.25) is 5.76 Å². The number of nitrogens with zero attached hydrogens (tertiary/aromatic N) is 3. The molecule has 0 radical (unpaired) electrons. The van der Waals surface area contributed by atoms with E-state index < -0.39 is 17.6 Å². The number of carbonyl (C=O) groups excluding carboxylic acids is 1. The Kier molecular flexibility index (Phi) is 9.20. The van der Waals surface area contributed by atoms with E-state index in [4.69, 9.17) is 26.0 Å². The molecule has 36 heavy (non-hydrogen) atoms. The fraction of sp³-hybridized carbons (Fsp3) is 0.364. The molecule has 14 heteroatoms. The molecule has 1 aromatic carbocycles. The van der Waals surface area contributed by atoms with Gasteiger partial charge in [0.1, 0.15) is 22.9 Å². The summed E-state index contributed by atoms with van der Waals surface area (Å²) in [6.45, 7) is 3.46. The van der Waals surface area contributed by atoms with E-state index in [1.54, 1.807) is 6.92 Å². The Hall–Kier alpha value is -3.26. The quantitative estimate of drug-likeness (QED) is 0.216. The molecule has 0 bridgehead atoms.